The Bertz CT molecular complexity index is 330. The van der Waals surface area contributed by atoms with Crippen molar-refractivity contribution in [2.75, 3.05) is 6.61 Å². The van der Waals surface area contributed by atoms with Crippen LogP contribution in [0.15, 0.2) is 24.3 Å². The second-order valence-electron chi connectivity index (χ2n) is 3.66. The van der Waals surface area contributed by atoms with E-state index in [1.807, 2.05) is 0 Å². The Kier molecular flexibility index (Phi) is 16.3. The maximum Gasteiger partial charge on any atom is 0.212 e. The Hall–Kier alpha value is 0.979. The summed E-state index contributed by atoms with van der Waals surface area (Å²) in [6, 6.07) is 6.87. The molecule has 1 aromatic rings. The van der Waals surface area contributed by atoms with Crippen LogP contribution < -0.4 is 4.74 Å². The molecule has 0 aliphatic heterocycles. The van der Waals surface area contributed by atoms with Gasteiger partial charge >= 0.3 is 0 Å². The van der Waals surface area contributed by atoms with Crippen molar-refractivity contribution in [3.05, 3.63) is 36.8 Å². The van der Waals surface area contributed by atoms with Gasteiger partial charge in [-0.2, -0.15) is 14.9 Å². The molecule has 0 fully saturated rings. The van der Waals surface area contributed by atoms with Crippen LogP contribution in [0.25, 0.3) is 0 Å². The van der Waals surface area contributed by atoms with Gasteiger partial charge in [-0.15, -0.1) is 22.4 Å². The number of aliphatic hydroxyl groups is 1. The van der Waals surface area contributed by atoms with Crippen LogP contribution in [0, 0.1) is 6.92 Å². The molecule has 1 radical (unpaired) electrons. The summed E-state index contributed by atoms with van der Waals surface area (Å²) in [7, 11) is 2.70. The van der Waals surface area contributed by atoms with E-state index in [1.165, 1.54) is 0 Å². The molecule has 0 saturated heterocycles. The van der Waals surface area contributed by atoms with Crippen LogP contribution in [-0.2, 0) is 44.1 Å². The maximum absolute atomic E-state index is 9.81. The van der Waals surface area contributed by atoms with Gasteiger partial charge in [0.05, 0.1) is 6.61 Å². The molecular formula is C12H17BIO3PY-2. The third-order valence-electron chi connectivity index (χ3n) is 1.95. The van der Waals surface area contributed by atoms with E-state index in [2.05, 4.69) is 45.3 Å². The topological polar surface area (TPSA) is 46.5 Å². The van der Waals surface area contributed by atoms with Crippen molar-refractivity contribution in [3.8, 4) is 5.75 Å². The molecule has 0 bridgehead atoms. The fourth-order valence-electron chi connectivity index (χ4n) is 0.804. The molecule has 0 saturated carbocycles. The molecular weight excluding hydrogens is 450 g/mol. The van der Waals surface area contributed by atoms with Gasteiger partial charge < -0.3 is 21.6 Å². The monoisotopic (exact) mass is 467 g/mol. The fourth-order valence-corrected chi connectivity index (χ4v) is 0.804. The minimum Gasteiger partial charge on any atom is -0.539 e. The van der Waals surface area contributed by atoms with Crippen LogP contribution >= 0.6 is 31.5 Å². The number of ether oxygens (including phenoxy) is 1. The largest absolute Gasteiger partial charge is 0.539 e. The van der Waals surface area contributed by atoms with Gasteiger partial charge in [0.15, 0.2) is 0 Å². The van der Waals surface area contributed by atoms with Gasteiger partial charge in [0.1, 0.15) is 5.75 Å². The van der Waals surface area contributed by atoms with E-state index in [0.29, 0.717) is 15.9 Å². The average Bonchev–Trinajstić information content (AvgIpc) is 2.37. The van der Waals surface area contributed by atoms with Gasteiger partial charge in [-0.25, -0.2) is 6.29 Å². The maximum atomic E-state index is 9.81. The summed E-state index contributed by atoms with van der Waals surface area (Å²) in [5, 5.41) is 8.70. The third-order valence-corrected chi connectivity index (χ3v) is 3.83. The molecule has 0 aliphatic carbocycles. The first-order chi connectivity index (χ1) is 8.51. The zero-order valence-electron chi connectivity index (χ0n) is 10.9. The summed E-state index contributed by atoms with van der Waals surface area (Å²) in [6.07, 6.45) is 1.62. The van der Waals surface area contributed by atoms with Gasteiger partial charge in [0.25, 0.3) is 0 Å². The van der Waals surface area contributed by atoms with Crippen LogP contribution in [0.1, 0.15) is 12.5 Å². The number of halogens is 1. The van der Waals surface area contributed by atoms with Crippen molar-refractivity contribution >= 4 is 42.1 Å². The zero-order valence-corrected chi connectivity index (χ0v) is 17.0. The van der Waals surface area contributed by atoms with Gasteiger partial charge in [0, 0.05) is 32.7 Å². The van der Waals surface area contributed by atoms with Crippen LogP contribution in [0.5, 0.6) is 5.75 Å². The molecule has 0 aromatic heterocycles. The average molecular weight is 467 g/mol. The fraction of sp³-hybridized carbons (Fsp3) is 0.333. The van der Waals surface area contributed by atoms with Gasteiger partial charge in [-0.3, -0.25) is 0 Å². The van der Waals surface area contributed by atoms with Crippen LogP contribution in [0.4, 0.5) is 0 Å². The Morgan fingerprint density at radius 1 is 1.53 bits per heavy atom. The van der Waals surface area contributed by atoms with Crippen molar-refractivity contribution in [1.29, 1.82) is 0 Å². The first kappa shape index (κ1) is 22.3. The molecule has 2 atom stereocenters. The molecule has 0 spiro atoms. The van der Waals surface area contributed by atoms with Crippen molar-refractivity contribution in [1.82, 2.24) is 0 Å². The number of benzene rings is 1. The molecule has 19 heavy (non-hydrogen) atoms. The van der Waals surface area contributed by atoms with E-state index in [-0.39, 0.29) is 45.9 Å². The van der Waals surface area contributed by atoms with Crippen molar-refractivity contribution in [3.63, 3.8) is 0 Å². The summed E-state index contributed by atoms with van der Waals surface area (Å²) < 4.78 is 5.58. The molecule has 2 unspecified atom stereocenters. The molecule has 103 valence electrons. The number of aliphatic hydroxyl groups excluding tert-OH is 1. The number of carbonyl (C=O) groups excluding carboxylic acids is 1. The summed E-state index contributed by atoms with van der Waals surface area (Å²) in [6.45, 7) is 5.87. The van der Waals surface area contributed by atoms with E-state index in [0.717, 1.165) is 5.56 Å². The smallest absolute Gasteiger partial charge is 0.212 e. The minimum atomic E-state index is -0.0571. The molecule has 0 aliphatic rings. The van der Waals surface area contributed by atoms with E-state index in [4.69, 9.17) is 9.84 Å². The molecule has 7 heteroatoms. The first-order valence-electron chi connectivity index (χ1n) is 5.41. The van der Waals surface area contributed by atoms with E-state index < -0.39 is 0 Å². The van der Waals surface area contributed by atoms with E-state index in [9.17, 15) is 4.79 Å². The Morgan fingerprint density at radius 3 is 2.32 bits per heavy atom. The Balaban J connectivity index is 0. The molecule has 1 N–H and O–H groups in total. The SMILES string of the molecule is O=[C-]COc1ccc(CO)cc1.[CH2-]C(C)B(P)I.[Y]. The summed E-state index contributed by atoms with van der Waals surface area (Å²) in [4.78, 5) is 9.81. The Morgan fingerprint density at radius 2 is 2.00 bits per heavy atom. The van der Waals surface area contributed by atoms with Gasteiger partial charge in [-0.05, 0) is 24.3 Å². The molecule has 1 rings (SSSR count). The first-order valence-corrected chi connectivity index (χ1v) is 7.32. The zero-order chi connectivity index (χ0) is 14.0. The molecule has 0 heterocycles. The quantitative estimate of drug-likeness (QED) is 0.314. The summed E-state index contributed by atoms with van der Waals surface area (Å²) in [5.74, 6) is 1.16. The van der Waals surface area contributed by atoms with Crippen LogP contribution in [0.2, 0.25) is 5.82 Å². The van der Waals surface area contributed by atoms with Crippen molar-refractivity contribution in [2.45, 2.75) is 19.3 Å². The predicted molar refractivity (Wildman–Crippen MR) is 87.8 cm³/mol. The standard InChI is InChI=1S/C9H9O3.C3H8BIP.Y/c10-5-6-12-9-3-1-8(7-11)2-4-9;1-3(2)4(5)6;/h1-4,11H,6-7H2;3H,1,6H2,2H3;/q2*-1;. The van der Waals surface area contributed by atoms with Crippen LogP contribution in [0.3, 0.4) is 0 Å². The number of hydrogen-bond donors (Lipinski definition) is 1. The van der Waals surface area contributed by atoms with E-state index in [1.54, 1.807) is 30.6 Å². The van der Waals surface area contributed by atoms with Crippen LogP contribution in [-0.4, -0.2) is 22.3 Å². The second kappa shape index (κ2) is 13.9. The third kappa shape index (κ3) is 12.4. The number of rotatable bonds is 5. The molecule has 1 aromatic carbocycles. The predicted octanol–water partition coefficient (Wildman–Crippen LogP) is 2.67. The van der Waals surface area contributed by atoms with E-state index >= 15 is 0 Å². The van der Waals surface area contributed by atoms with Crippen molar-refractivity contribution < 1.29 is 47.3 Å². The normalized spacial score (nSPS) is 10.4. The minimum absolute atomic E-state index is 0. The number of hydrogen-bond acceptors (Lipinski definition) is 3. The van der Waals surface area contributed by atoms with Crippen molar-refractivity contribution in [2.24, 2.45) is 0 Å². The molecule has 3 nitrogen and oxygen atoms in total. The molecule has 0 amide bonds. The second-order valence-corrected chi connectivity index (χ2v) is 7.17. The summed E-state index contributed by atoms with van der Waals surface area (Å²) in [5.41, 5.74) is 0.817. The Labute approximate surface area is 156 Å². The summed E-state index contributed by atoms with van der Waals surface area (Å²) >= 11 is 2.33. The van der Waals surface area contributed by atoms with Gasteiger partial charge in [0.2, 0.25) is 4.29 Å². The van der Waals surface area contributed by atoms with Gasteiger partial charge in [-0.1, -0.05) is 19.1 Å².